The lowest BCUT2D eigenvalue weighted by atomic mass is 10.2. The Bertz CT molecular complexity index is 6200. The van der Waals surface area contributed by atoms with Gasteiger partial charge >= 0.3 is 11.9 Å². The number of aliphatic carboxylic acids is 2. The number of sulfonamides is 4. The van der Waals surface area contributed by atoms with Crippen molar-refractivity contribution in [3.05, 3.63) is 261 Å². The lowest BCUT2D eigenvalue weighted by Crippen LogP contribution is -2.43. The molecule has 0 saturated carbocycles. The van der Waals surface area contributed by atoms with Crippen LogP contribution in [0.3, 0.4) is 0 Å². The Hall–Kier alpha value is -12.2. The molecule has 0 amide bonds. The molecule has 42 nitrogen and oxygen atoms in total. The smallest absolute Gasteiger partial charge is 0.335 e. The second-order valence-electron chi connectivity index (χ2n) is 36.4. The Kier molecular flexibility index (Phi) is 42.1. The maximum absolute atomic E-state index is 12.7. The molecule has 8 aromatic carbocycles. The number of halogens is 4. The molecule has 2 atom stereocenters. The first-order valence-electron chi connectivity index (χ1n) is 47.5. The highest BCUT2D eigenvalue weighted by molar-refractivity contribution is 7.90. The van der Waals surface area contributed by atoms with Crippen molar-refractivity contribution in [2.45, 2.75) is 58.0 Å². The zero-order valence-corrected chi connectivity index (χ0v) is 91.3. The first-order valence-corrected chi connectivity index (χ1v) is 54.8. The number of aliphatic hydroxyl groups is 2. The summed E-state index contributed by atoms with van der Waals surface area (Å²) in [6.45, 7) is 21.0. The van der Waals surface area contributed by atoms with Crippen molar-refractivity contribution in [1.29, 1.82) is 0 Å². The van der Waals surface area contributed by atoms with Crippen molar-refractivity contribution >= 4 is 191 Å². The number of carbonyl (C=O) groups is 2. The molecule has 12 aromatic rings. The highest BCUT2D eigenvalue weighted by Crippen LogP contribution is 2.37. The topological polar surface area (TPSA) is 490 Å². The molecular formula is C100H126Cl4N28O14S4. The summed E-state index contributed by atoms with van der Waals surface area (Å²) < 4.78 is 106. The molecule has 4 saturated heterocycles. The summed E-state index contributed by atoms with van der Waals surface area (Å²) in [5.74, 6) is -0.949. The molecule has 4 aliphatic rings. The van der Waals surface area contributed by atoms with Crippen LogP contribution >= 0.6 is 46.4 Å². The number of benzene rings is 8. The van der Waals surface area contributed by atoms with E-state index in [0.717, 1.165) is 171 Å². The number of nitrogens with one attached hydrogen (secondary N) is 8. The van der Waals surface area contributed by atoms with E-state index in [1.165, 1.54) is 128 Å². The number of nitrogens with zero attached hydrogens (tertiary/aromatic N) is 20. The number of para-hydroxylation sites is 4. The first-order chi connectivity index (χ1) is 71.3. The van der Waals surface area contributed by atoms with Gasteiger partial charge in [-0.2, -0.15) is 19.9 Å². The van der Waals surface area contributed by atoms with E-state index >= 15 is 0 Å². The van der Waals surface area contributed by atoms with Crippen molar-refractivity contribution in [2.24, 2.45) is 0 Å². The molecule has 0 spiro atoms. The van der Waals surface area contributed by atoms with Crippen LogP contribution in [-0.4, -0.2) is 364 Å². The predicted molar refractivity (Wildman–Crippen MR) is 588 cm³/mol. The standard InChI is InChI=1S/4C24H30ClN7O2S.C4H6O6/c4*1-30(2)35(33,34)22-7-5-4-6-21(22)28-23-20(25)16-26-24(29-23)27-19-10-8-18(9-11-19)17-32-14-12-31(3)13-15-32;5-1(3(7)8)2(6)4(9)10/h4*4-11,16H,12-15,17H2,1-3H3,(H2,26,27,28,29);1-2,5-6H,(H,7,8)(H,9,10)/t;;;;1-,2-/m....1/s1. The van der Waals surface area contributed by atoms with Crippen LogP contribution in [-0.2, 0) is 75.9 Å². The number of hydrogen-bond acceptors (Lipinski definition) is 36. The molecule has 12 N–H and O–H groups in total. The van der Waals surface area contributed by atoms with Gasteiger partial charge in [-0.3, -0.25) is 19.6 Å². The second kappa shape index (κ2) is 54.2. The molecule has 0 bridgehead atoms. The lowest BCUT2D eigenvalue weighted by Gasteiger charge is -2.32. The Morgan fingerprint density at radius 3 is 0.627 bits per heavy atom. The van der Waals surface area contributed by atoms with Crippen LogP contribution in [0.1, 0.15) is 22.3 Å². The number of piperazine rings is 4. The largest absolute Gasteiger partial charge is 0.479 e. The number of aliphatic hydroxyl groups excluding tert-OH is 2. The summed E-state index contributed by atoms with van der Waals surface area (Å²) in [6.07, 6.45) is 1.37. The number of carboxylic acids is 2. The molecule has 0 unspecified atom stereocenters. The van der Waals surface area contributed by atoms with Gasteiger partial charge in [0.15, 0.2) is 35.5 Å². The maximum Gasteiger partial charge on any atom is 0.335 e. The van der Waals surface area contributed by atoms with Crippen LogP contribution in [0.15, 0.2) is 238 Å². The first kappa shape index (κ1) is 116. The Balaban J connectivity index is 0.000000172. The van der Waals surface area contributed by atoms with Gasteiger partial charge in [-0.25, -0.2) is 80.4 Å². The third-order valence-electron chi connectivity index (χ3n) is 24.2. The highest BCUT2D eigenvalue weighted by atomic mass is 35.5. The van der Waals surface area contributed by atoms with Gasteiger partial charge < -0.3 is 82.6 Å². The molecule has 0 aliphatic carbocycles. The fraction of sp³-hybridized carbons (Fsp3) is 0.340. The fourth-order valence-corrected chi connectivity index (χ4v) is 19.9. The third-order valence-corrected chi connectivity index (χ3v) is 32.8. The summed E-state index contributed by atoms with van der Waals surface area (Å²) in [7, 11) is 5.91. The maximum atomic E-state index is 12.7. The number of aromatic nitrogens is 8. The van der Waals surface area contributed by atoms with Crippen LogP contribution in [0.2, 0.25) is 20.1 Å². The van der Waals surface area contributed by atoms with E-state index in [1.54, 1.807) is 72.8 Å². The van der Waals surface area contributed by atoms with Gasteiger partial charge in [0.1, 0.15) is 39.7 Å². The van der Waals surface area contributed by atoms with E-state index in [4.69, 9.17) is 66.8 Å². The van der Waals surface area contributed by atoms with Gasteiger partial charge in [0.25, 0.3) is 0 Å². The van der Waals surface area contributed by atoms with Crippen LogP contribution < -0.4 is 42.5 Å². The molecule has 0 radical (unpaired) electrons. The van der Waals surface area contributed by atoms with E-state index in [0.29, 0.717) is 69.8 Å². The van der Waals surface area contributed by atoms with Crippen molar-refractivity contribution in [1.82, 2.24) is 96.3 Å². The Morgan fingerprint density at radius 2 is 0.460 bits per heavy atom. The number of rotatable bonds is 35. The normalized spacial score (nSPS) is 15.4. The van der Waals surface area contributed by atoms with E-state index in [-0.39, 0.29) is 39.7 Å². The lowest BCUT2D eigenvalue weighted by molar-refractivity contribution is -0.165. The molecule has 4 aliphatic heterocycles. The molecule has 4 aromatic heterocycles. The van der Waals surface area contributed by atoms with E-state index in [1.807, 2.05) is 48.5 Å². The van der Waals surface area contributed by atoms with Gasteiger partial charge in [0.2, 0.25) is 63.9 Å². The summed E-state index contributed by atoms with van der Waals surface area (Å²) in [6, 6.07) is 59.2. The molecule has 802 valence electrons. The number of carboxylic acid groups (broad SMARTS) is 2. The minimum atomic E-state index is -3.65. The number of hydrogen-bond donors (Lipinski definition) is 12. The highest BCUT2D eigenvalue weighted by Gasteiger charge is 2.32. The minimum absolute atomic E-state index is 0.130. The van der Waals surface area contributed by atoms with Crippen molar-refractivity contribution < 1.29 is 63.7 Å². The van der Waals surface area contributed by atoms with Gasteiger partial charge in [0.05, 0.1) is 47.5 Å². The number of likely N-dealkylation sites (N-methyl/N-ethyl adjacent to an activating group) is 4. The SMILES string of the molecule is CN1CCN(Cc2ccc(Nc3ncc(Cl)c(Nc4ccccc4S(=O)(=O)N(C)C)n3)cc2)CC1.CN1CCN(Cc2ccc(Nc3ncc(Cl)c(Nc4ccccc4S(=O)(=O)N(C)C)n3)cc2)CC1.CN1CCN(Cc2ccc(Nc3ncc(Cl)c(Nc4ccccc4S(=O)(=O)N(C)C)n3)cc2)CC1.CN1CCN(Cc2ccc(Nc3ncc(Cl)c(Nc4ccccc4S(=O)(=O)N(C)C)n3)cc2)CC1.O=C(O)[C@H](O)[C@@H](O)C(=O)O. The van der Waals surface area contributed by atoms with Crippen LogP contribution in [0.5, 0.6) is 0 Å². The van der Waals surface area contributed by atoms with Crippen molar-refractivity contribution in [3.63, 3.8) is 0 Å². The molecule has 8 heterocycles. The third kappa shape index (κ3) is 33.4. The molecule has 16 rings (SSSR count). The molecular weight excluding hydrogens is 2090 g/mol. The average molecular weight is 2210 g/mol. The fourth-order valence-electron chi connectivity index (χ4n) is 15.2. The van der Waals surface area contributed by atoms with E-state index in [9.17, 15) is 43.3 Å². The van der Waals surface area contributed by atoms with Crippen LogP contribution in [0.4, 0.5) is 92.6 Å². The van der Waals surface area contributed by atoms with E-state index < -0.39 is 64.2 Å². The number of anilines is 16. The van der Waals surface area contributed by atoms with Gasteiger partial charge in [-0.15, -0.1) is 0 Å². The Labute approximate surface area is 895 Å². The van der Waals surface area contributed by atoms with Gasteiger partial charge in [0, 0.05) is 210 Å². The zero-order chi connectivity index (χ0) is 108. The monoisotopic (exact) mass is 2210 g/mol. The predicted octanol–water partition coefficient (Wildman–Crippen LogP) is 12.3. The zero-order valence-electron chi connectivity index (χ0n) is 85.0. The van der Waals surface area contributed by atoms with Crippen molar-refractivity contribution in [3.8, 4) is 0 Å². The minimum Gasteiger partial charge on any atom is -0.479 e. The second-order valence-corrected chi connectivity index (χ2v) is 46.5. The Morgan fingerprint density at radius 1 is 0.287 bits per heavy atom. The summed E-state index contributed by atoms with van der Waals surface area (Å²) in [4.78, 5) is 74.2. The molecule has 150 heavy (non-hydrogen) atoms. The van der Waals surface area contributed by atoms with Crippen molar-refractivity contribution in [2.75, 3.05) is 232 Å². The van der Waals surface area contributed by atoms with E-state index in [2.05, 4.69) is 198 Å². The summed E-state index contributed by atoms with van der Waals surface area (Å²) in [5, 5.41) is 58.6. The molecule has 50 heteroatoms. The van der Waals surface area contributed by atoms with Crippen LogP contribution in [0.25, 0.3) is 0 Å². The quantitative estimate of drug-likeness (QED) is 0.0175. The summed E-state index contributed by atoms with van der Waals surface area (Å²) in [5.41, 5.74) is 9.87. The summed E-state index contributed by atoms with van der Waals surface area (Å²) >= 11 is 25.3. The molecule has 4 fully saturated rings. The van der Waals surface area contributed by atoms with Gasteiger partial charge in [-0.05, 0) is 148 Å². The van der Waals surface area contributed by atoms with Crippen LogP contribution in [0, 0.1) is 0 Å². The average Bonchev–Trinajstić information content (AvgIpc) is 0.804. The van der Waals surface area contributed by atoms with Gasteiger partial charge in [-0.1, -0.05) is 143 Å².